The van der Waals surface area contributed by atoms with Gasteiger partial charge in [-0.15, -0.1) is 0 Å². The largest absolute Gasteiger partial charge is 0.462 e. The third kappa shape index (κ3) is 3.86. The Labute approximate surface area is 186 Å². The monoisotopic (exact) mass is 430 g/mol. The zero-order valence-corrected chi connectivity index (χ0v) is 18.9. The first-order valence-corrected chi connectivity index (χ1v) is 10.7. The van der Waals surface area contributed by atoms with Gasteiger partial charge in [0.05, 0.1) is 12.2 Å². The van der Waals surface area contributed by atoms with Crippen LogP contribution in [0.15, 0.2) is 59.0 Å². The van der Waals surface area contributed by atoms with Gasteiger partial charge in [0.25, 0.3) is 0 Å². The minimum Gasteiger partial charge on any atom is -0.462 e. The maximum absolute atomic E-state index is 12.9. The van der Waals surface area contributed by atoms with Gasteiger partial charge in [-0.1, -0.05) is 57.2 Å². The second-order valence-electron chi connectivity index (χ2n) is 8.77. The van der Waals surface area contributed by atoms with Crippen LogP contribution in [0.4, 0.5) is 0 Å². The Morgan fingerprint density at radius 2 is 1.56 bits per heavy atom. The number of aryl methyl sites for hydroxylation is 1. The summed E-state index contributed by atoms with van der Waals surface area (Å²) in [6, 6.07) is 16.6. The van der Waals surface area contributed by atoms with E-state index in [1.807, 2.05) is 36.4 Å². The lowest BCUT2D eigenvalue weighted by molar-refractivity contribution is 0.0526. The number of carbonyl (C=O) groups is 2. The van der Waals surface area contributed by atoms with E-state index < -0.39 is 11.9 Å². The molecular formula is C27H26O5. The van der Waals surface area contributed by atoms with E-state index in [9.17, 15) is 9.59 Å². The fraction of sp³-hybridized carbons (Fsp3) is 0.259. The fourth-order valence-electron chi connectivity index (χ4n) is 3.81. The highest BCUT2D eigenvalue weighted by atomic mass is 16.5. The highest BCUT2D eigenvalue weighted by Crippen LogP contribution is 2.38. The molecule has 1 heterocycles. The summed E-state index contributed by atoms with van der Waals surface area (Å²) in [5.74, 6) is -0.101. The SMILES string of the molecule is CCOC(=O)c1c(C)oc2c1cc(OC(=O)c1ccc(C(C)(C)C)cc1)c1ccccc12. The molecule has 3 aromatic carbocycles. The Hall–Kier alpha value is -3.60. The second-order valence-corrected chi connectivity index (χ2v) is 8.77. The fourth-order valence-corrected chi connectivity index (χ4v) is 3.81. The molecule has 0 atom stereocenters. The van der Waals surface area contributed by atoms with Gasteiger partial charge >= 0.3 is 11.9 Å². The topological polar surface area (TPSA) is 65.7 Å². The van der Waals surface area contributed by atoms with Crippen molar-refractivity contribution in [1.29, 1.82) is 0 Å². The minimum atomic E-state index is -0.465. The second kappa shape index (κ2) is 8.15. The summed E-state index contributed by atoms with van der Waals surface area (Å²) in [5.41, 5.74) is 2.49. The smallest absolute Gasteiger partial charge is 0.343 e. The van der Waals surface area contributed by atoms with Crippen molar-refractivity contribution in [2.45, 2.75) is 40.0 Å². The number of fused-ring (bicyclic) bond motifs is 3. The van der Waals surface area contributed by atoms with Crippen LogP contribution in [0.25, 0.3) is 21.7 Å². The lowest BCUT2D eigenvalue weighted by Gasteiger charge is -2.19. The van der Waals surface area contributed by atoms with E-state index in [1.54, 1.807) is 32.0 Å². The van der Waals surface area contributed by atoms with Gasteiger partial charge < -0.3 is 13.9 Å². The molecule has 5 heteroatoms. The van der Waals surface area contributed by atoms with Crippen LogP contribution in [0.1, 0.15) is 59.7 Å². The average Bonchev–Trinajstić information content (AvgIpc) is 3.09. The molecule has 0 spiro atoms. The standard InChI is InChI=1S/C27H26O5/c1-6-30-26(29)23-16(2)31-24-20-10-8-7-9-19(20)22(15-21(23)24)32-25(28)17-11-13-18(14-12-17)27(3,4)5/h7-15H,6H2,1-5H3. The molecule has 0 aliphatic rings. The summed E-state index contributed by atoms with van der Waals surface area (Å²) >= 11 is 0. The number of carbonyl (C=O) groups excluding carboxylic acids is 2. The van der Waals surface area contributed by atoms with Crippen LogP contribution in [-0.2, 0) is 10.2 Å². The van der Waals surface area contributed by atoms with Crippen LogP contribution in [0.2, 0.25) is 0 Å². The lowest BCUT2D eigenvalue weighted by Crippen LogP contribution is -2.13. The van der Waals surface area contributed by atoms with Crippen molar-refractivity contribution < 1.29 is 23.5 Å². The van der Waals surface area contributed by atoms with Crippen molar-refractivity contribution in [1.82, 2.24) is 0 Å². The summed E-state index contributed by atoms with van der Waals surface area (Å²) in [6.45, 7) is 10.1. The van der Waals surface area contributed by atoms with Gasteiger partial charge in [-0.3, -0.25) is 0 Å². The normalized spacial score (nSPS) is 11.7. The molecule has 0 amide bonds. The van der Waals surface area contributed by atoms with Crippen molar-refractivity contribution in [3.8, 4) is 5.75 Å². The molecule has 0 saturated heterocycles. The molecule has 0 N–H and O–H groups in total. The summed E-state index contributed by atoms with van der Waals surface area (Å²) in [5, 5.41) is 2.05. The Bertz CT molecular complexity index is 1320. The number of ether oxygens (including phenoxy) is 2. The molecule has 0 saturated carbocycles. The zero-order chi connectivity index (χ0) is 23.0. The molecule has 32 heavy (non-hydrogen) atoms. The first-order chi connectivity index (χ1) is 15.2. The molecule has 1 aromatic heterocycles. The summed E-state index contributed by atoms with van der Waals surface area (Å²) in [4.78, 5) is 25.5. The van der Waals surface area contributed by atoms with Crippen LogP contribution in [0, 0.1) is 6.92 Å². The molecule has 0 aliphatic heterocycles. The third-order valence-electron chi connectivity index (χ3n) is 5.50. The first-order valence-electron chi connectivity index (χ1n) is 10.7. The van der Waals surface area contributed by atoms with Gasteiger partial charge in [-0.25, -0.2) is 9.59 Å². The Kier molecular flexibility index (Phi) is 5.51. The number of furan rings is 1. The van der Waals surface area contributed by atoms with Crippen molar-refractivity contribution in [2.24, 2.45) is 0 Å². The van der Waals surface area contributed by atoms with E-state index >= 15 is 0 Å². The van der Waals surface area contributed by atoms with Crippen LogP contribution in [-0.4, -0.2) is 18.5 Å². The van der Waals surface area contributed by atoms with Gasteiger partial charge in [-0.2, -0.15) is 0 Å². The van der Waals surface area contributed by atoms with Crippen LogP contribution in [0.5, 0.6) is 5.75 Å². The number of hydrogen-bond donors (Lipinski definition) is 0. The van der Waals surface area contributed by atoms with Crippen LogP contribution < -0.4 is 4.74 Å². The van der Waals surface area contributed by atoms with E-state index in [4.69, 9.17) is 13.9 Å². The zero-order valence-electron chi connectivity index (χ0n) is 18.9. The Morgan fingerprint density at radius 3 is 2.19 bits per heavy atom. The number of rotatable bonds is 4. The molecule has 4 rings (SSSR count). The molecule has 0 bridgehead atoms. The first kappa shape index (κ1) is 21.6. The highest BCUT2D eigenvalue weighted by molar-refractivity contribution is 6.15. The molecule has 0 fully saturated rings. The molecule has 5 nitrogen and oxygen atoms in total. The average molecular weight is 431 g/mol. The van der Waals surface area contributed by atoms with Gasteiger partial charge in [0, 0.05) is 16.2 Å². The van der Waals surface area contributed by atoms with Gasteiger partial charge in [0.15, 0.2) is 0 Å². The maximum Gasteiger partial charge on any atom is 0.343 e. The lowest BCUT2D eigenvalue weighted by atomic mass is 9.87. The van der Waals surface area contributed by atoms with E-state index in [0.717, 1.165) is 16.3 Å². The predicted molar refractivity (Wildman–Crippen MR) is 125 cm³/mol. The summed E-state index contributed by atoms with van der Waals surface area (Å²) in [7, 11) is 0. The number of benzene rings is 3. The van der Waals surface area contributed by atoms with Gasteiger partial charge in [0.1, 0.15) is 22.7 Å². The minimum absolute atomic E-state index is 0.00762. The van der Waals surface area contributed by atoms with E-state index in [2.05, 4.69) is 20.8 Å². The van der Waals surface area contributed by atoms with Crippen molar-refractivity contribution in [3.05, 3.63) is 77.0 Å². The number of hydrogen-bond acceptors (Lipinski definition) is 5. The van der Waals surface area contributed by atoms with E-state index in [0.29, 0.717) is 33.6 Å². The molecule has 164 valence electrons. The summed E-state index contributed by atoms with van der Waals surface area (Å²) < 4.78 is 17.0. The van der Waals surface area contributed by atoms with E-state index in [-0.39, 0.29) is 12.0 Å². The third-order valence-corrected chi connectivity index (χ3v) is 5.50. The molecular weight excluding hydrogens is 404 g/mol. The summed E-state index contributed by atoms with van der Waals surface area (Å²) in [6.07, 6.45) is 0. The molecule has 0 radical (unpaired) electrons. The van der Waals surface area contributed by atoms with Crippen molar-refractivity contribution >= 4 is 33.7 Å². The Morgan fingerprint density at radius 1 is 0.906 bits per heavy atom. The van der Waals surface area contributed by atoms with Crippen LogP contribution >= 0.6 is 0 Å². The van der Waals surface area contributed by atoms with E-state index in [1.165, 1.54) is 0 Å². The molecule has 4 aromatic rings. The van der Waals surface area contributed by atoms with Gasteiger partial charge in [0.2, 0.25) is 0 Å². The molecule has 0 aliphatic carbocycles. The maximum atomic E-state index is 12.9. The Balaban J connectivity index is 1.80. The number of esters is 2. The van der Waals surface area contributed by atoms with Crippen molar-refractivity contribution in [2.75, 3.05) is 6.61 Å². The quantitative estimate of drug-likeness (QED) is 0.270. The molecule has 0 unspecified atom stereocenters. The van der Waals surface area contributed by atoms with Crippen LogP contribution in [0.3, 0.4) is 0 Å². The van der Waals surface area contributed by atoms with Gasteiger partial charge in [-0.05, 0) is 43.0 Å². The predicted octanol–water partition coefficient (Wildman–Crippen LogP) is 6.59. The van der Waals surface area contributed by atoms with Crippen molar-refractivity contribution in [3.63, 3.8) is 0 Å². The highest BCUT2D eigenvalue weighted by Gasteiger charge is 2.23.